The summed E-state index contributed by atoms with van der Waals surface area (Å²) in [5.74, 6) is 2.70. The SMILES string of the molecule is O=S(=O)(NCC1CCSCC1)c1cnc(Cl)s1. The number of halogens is 1. The maximum atomic E-state index is 11.9. The molecule has 0 spiro atoms. The smallest absolute Gasteiger partial charge is 0.232 e. The standard InChI is InChI=1S/C9H13ClN2O2S3/c10-9-11-6-8(16-9)17(13,14)12-5-7-1-3-15-4-2-7/h6-7,12H,1-5H2. The number of hydrogen-bond donors (Lipinski definition) is 1. The van der Waals surface area contributed by atoms with Gasteiger partial charge in [-0.2, -0.15) is 11.8 Å². The van der Waals surface area contributed by atoms with E-state index in [1.807, 2.05) is 11.8 Å². The first-order valence-corrected chi connectivity index (χ1v) is 9.10. The lowest BCUT2D eigenvalue weighted by Gasteiger charge is -2.21. The van der Waals surface area contributed by atoms with Crippen LogP contribution in [0, 0.1) is 5.92 Å². The van der Waals surface area contributed by atoms with E-state index in [2.05, 4.69) is 9.71 Å². The molecule has 1 fully saturated rings. The van der Waals surface area contributed by atoms with Crippen molar-refractivity contribution in [3.05, 3.63) is 10.7 Å². The van der Waals surface area contributed by atoms with Crippen molar-refractivity contribution in [2.45, 2.75) is 17.1 Å². The number of thiazole rings is 1. The molecule has 2 rings (SSSR count). The number of sulfonamides is 1. The van der Waals surface area contributed by atoms with Crippen LogP contribution in [0.25, 0.3) is 0 Å². The molecule has 0 radical (unpaired) electrons. The topological polar surface area (TPSA) is 59.1 Å². The van der Waals surface area contributed by atoms with Crippen molar-refractivity contribution in [2.24, 2.45) is 5.92 Å². The van der Waals surface area contributed by atoms with Crippen LogP contribution >= 0.6 is 34.7 Å². The van der Waals surface area contributed by atoms with Gasteiger partial charge in [-0.25, -0.2) is 18.1 Å². The van der Waals surface area contributed by atoms with Gasteiger partial charge in [-0.3, -0.25) is 0 Å². The highest BCUT2D eigenvalue weighted by molar-refractivity contribution is 7.99. The van der Waals surface area contributed by atoms with Crippen LogP contribution < -0.4 is 4.72 Å². The van der Waals surface area contributed by atoms with Crippen LogP contribution in [0.3, 0.4) is 0 Å². The Kier molecular flexibility index (Phi) is 4.71. The average molecular weight is 313 g/mol. The molecule has 0 bridgehead atoms. The predicted molar refractivity (Wildman–Crippen MR) is 72.4 cm³/mol. The lowest BCUT2D eigenvalue weighted by molar-refractivity contribution is 0.477. The fraction of sp³-hybridized carbons (Fsp3) is 0.667. The minimum atomic E-state index is -3.42. The highest BCUT2D eigenvalue weighted by atomic mass is 35.5. The van der Waals surface area contributed by atoms with Gasteiger partial charge in [0.25, 0.3) is 10.0 Å². The highest BCUT2D eigenvalue weighted by Crippen LogP contribution is 2.24. The maximum Gasteiger partial charge on any atom is 0.251 e. The quantitative estimate of drug-likeness (QED) is 0.926. The lowest BCUT2D eigenvalue weighted by atomic mass is 10.0. The Hall–Kier alpha value is 0.180. The van der Waals surface area contributed by atoms with Crippen molar-refractivity contribution < 1.29 is 8.42 Å². The molecule has 8 heteroatoms. The molecule has 0 saturated carbocycles. The van der Waals surface area contributed by atoms with E-state index in [4.69, 9.17) is 11.6 Å². The van der Waals surface area contributed by atoms with E-state index in [0.717, 1.165) is 35.7 Å². The van der Waals surface area contributed by atoms with Gasteiger partial charge in [0.05, 0.1) is 6.20 Å². The molecule has 1 N–H and O–H groups in total. The van der Waals surface area contributed by atoms with Gasteiger partial charge in [-0.05, 0) is 30.3 Å². The molecule has 0 aromatic carbocycles. The number of hydrogen-bond acceptors (Lipinski definition) is 5. The second kappa shape index (κ2) is 5.88. The molecule has 0 amide bonds. The first kappa shape index (κ1) is 13.6. The molecule has 0 atom stereocenters. The Morgan fingerprint density at radius 3 is 2.76 bits per heavy atom. The number of nitrogens with one attached hydrogen (secondary N) is 1. The van der Waals surface area contributed by atoms with E-state index >= 15 is 0 Å². The molecule has 1 aliphatic heterocycles. The zero-order valence-electron chi connectivity index (χ0n) is 9.06. The molecular weight excluding hydrogens is 300 g/mol. The van der Waals surface area contributed by atoms with Gasteiger partial charge in [-0.15, -0.1) is 0 Å². The average Bonchev–Trinajstić information content (AvgIpc) is 2.76. The Morgan fingerprint density at radius 2 is 2.18 bits per heavy atom. The predicted octanol–water partition coefficient (Wildman–Crippen LogP) is 2.22. The van der Waals surface area contributed by atoms with Crippen LogP contribution in [0.1, 0.15) is 12.8 Å². The summed E-state index contributed by atoms with van der Waals surface area (Å²) < 4.78 is 26.8. The van der Waals surface area contributed by atoms with Crippen molar-refractivity contribution >= 4 is 44.7 Å². The van der Waals surface area contributed by atoms with E-state index in [1.54, 1.807) is 0 Å². The third-order valence-electron chi connectivity index (χ3n) is 2.62. The van der Waals surface area contributed by atoms with Crippen molar-refractivity contribution in [2.75, 3.05) is 18.1 Å². The third kappa shape index (κ3) is 3.82. The minimum Gasteiger partial charge on any atom is -0.232 e. The monoisotopic (exact) mass is 312 g/mol. The summed E-state index contributed by atoms with van der Waals surface area (Å²) in [5.41, 5.74) is 0. The van der Waals surface area contributed by atoms with E-state index in [-0.39, 0.29) is 8.68 Å². The zero-order valence-corrected chi connectivity index (χ0v) is 12.3. The van der Waals surface area contributed by atoms with Crippen LogP contribution in [-0.2, 0) is 10.0 Å². The van der Waals surface area contributed by atoms with E-state index in [9.17, 15) is 8.42 Å². The molecule has 4 nitrogen and oxygen atoms in total. The summed E-state index contributed by atoms with van der Waals surface area (Å²) in [4.78, 5) is 3.74. The van der Waals surface area contributed by atoms with Crippen LogP contribution in [0.15, 0.2) is 10.4 Å². The molecule has 2 heterocycles. The van der Waals surface area contributed by atoms with Crippen LogP contribution in [0.5, 0.6) is 0 Å². The Labute approximate surface area is 114 Å². The molecule has 1 saturated heterocycles. The zero-order chi connectivity index (χ0) is 12.3. The lowest BCUT2D eigenvalue weighted by Crippen LogP contribution is -2.30. The van der Waals surface area contributed by atoms with E-state index in [0.29, 0.717) is 12.5 Å². The molecular formula is C9H13ClN2O2S3. The van der Waals surface area contributed by atoms with Crippen LogP contribution in [0.4, 0.5) is 0 Å². The largest absolute Gasteiger partial charge is 0.251 e. The minimum absolute atomic E-state index is 0.188. The van der Waals surface area contributed by atoms with Gasteiger partial charge in [0, 0.05) is 6.54 Å². The van der Waals surface area contributed by atoms with Gasteiger partial charge < -0.3 is 0 Å². The number of nitrogens with zero attached hydrogens (tertiary/aromatic N) is 1. The molecule has 0 aliphatic carbocycles. The fourth-order valence-electron chi connectivity index (χ4n) is 1.61. The summed E-state index contributed by atoms with van der Waals surface area (Å²) in [6, 6.07) is 0. The van der Waals surface area contributed by atoms with Crippen LogP contribution in [-0.4, -0.2) is 31.5 Å². The van der Waals surface area contributed by atoms with E-state index < -0.39 is 10.0 Å². The summed E-state index contributed by atoms with van der Waals surface area (Å²) in [6.45, 7) is 0.512. The molecule has 1 aliphatic rings. The number of rotatable bonds is 4. The number of aromatic nitrogens is 1. The second-order valence-electron chi connectivity index (χ2n) is 3.84. The molecule has 1 aromatic rings. The van der Waals surface area contributed by atoms with Gasteiger partial charge >= 0.3 is 0 Å². The van der Waals surface area contributed by atoms with Crippen molar-refractivity contribution in [1.29, 1.82) is 0 Å². The number of thioether (sulfide) groups is 1. The first-order chi connectivity index (χ1) is 8.08. The van der Waals surface area contributed by atoms with Gasteiger partial charge in [0.15, 0.2) is 8.68 Å². The molecule has 96 valence electrons. The maximum absolute atomic E-state index is 11.9. The third-order valence-corrected chi connectivity index (χ3v) is 6.67. The highest BCUT2D eigenvalue weighted by Gasteiger charge is 2.20. The van der Waals surface area contributed by atoms with Gasteiger partial charge in [0.2, 0.25) is 0 Å². The van der Waals surface area contributed by atoms with Gasteiger partial charge in [-0.1, -0.05) is 22.9 Å². The molecule has 1 aromatic heterocycles. The Balaban J connectivity index is 1.93. The summed E-state index contributed by atoms with van der Waals surface area (Å²) in [7, 11) is -3.42. The van der Waals surface area contributed by atoms with E-state index in [1.165, 1.54) is 6.20 Å². The summed E-state index contributed by atoms with van der Waals surface area (Å²) in [6.07, 6.45) is 3.46. The Morgan fingerprint density at radius 1 is 1.47 bits per heavy atom. The van der Waals surface area contributed by atoms with Crippen molar-refractivity contribution in [1.82, 2.24) is 9.71 Å². The first-order valence-electron chi connectivity index (χ1n) is 5.26. The summed E-state index contributed by atoms with van der Waals surface area (Å²) in [5, 5.41) is 0. The van der Waals surface area contributed by atoms with Crippen molar-refractivity contribution in [3.8, 4) is 0 Å². The molecule has 0 unspecified atom stereocenters. The Bertz CT molecular complexity index is 468. The molecule has 17 heavy (non-hydrogen) atoms. The fourth-order valence-corrected chi connectivity index (χ4v) is 5.27. The summed E-state index contributed by atoms with van der Waals surface area (Å²) >= 11 is 8.54. The normalized spacial score (nSPS) is 18.4. The second-order valence-corrected chi connectivity index (χ2v) is 8.67. The van der Waals surface area contributed by atoms with Crippen LogP contribution in [0.2, 0.25) is 4.47 Å². The van der Waals surface area contributed by atoms with Crippen molar-refractivity contribution in [3.63, 3.8) is 0 Å². The van der Waals surface area contributed by atoms with Gasteiger partial charge in [0.1, 0.15) is 0 Å².